The fraction of sp³-hybridized carbons (Fsp3) is 0.143. The van der Waals surface area contributed by atoms with Gasteiger partial charge in [0.25, 0.3) is 0 Å². The molecule has 132 valence electrons. The number of benzene rings is 3. The van der Waals surface area contributed by atoms with Crippen LogP contribution in [-0.2, 0) is 0 Å². The van der Waals surface area contributed by atoms with Crippen LogP contribution in [-0.4, -0.2) is 12.7 Å². The van der Waals surface area contributed by atoms with Crippen LogP contribution in [0.5, 0.6) is 0 Å². The molecule has 0 aromatic heterocycles. The Kier molecular flexibility index (Phi) is 9.60. The topological polar surface area (TPSA) is 26.0 Å². The lowest BCUT2D eigenvalue weighted by Gasteiger charge is -2.27. The third-order valence-corrected chi connectivity index (χ3v) is 8.81. The lowest BCUT2D eigenvalue weighted by atomic mass is 10.4. The Morgan fingerprint density at radius 1 is 0.600 bits per heavy atom. The first-order valence-electron chi connectivity index (χ1n) is 8.13. The van der Waals surface area contributed by atoms with E-state index in [2.05, 4.69) is 91.0 Å². The Labute approximate surface area is 172 Å². The van der Waals surface area contributed by atoms with Crippen molar-refractivity contribution in [2.45, 2.75) is 6.42 Å². The van der Waals surface area contributed by atoms with Gasteiger partial charge in [-0.3, -0.25) is 0 Å². The number of rotatable bonds is 6. The fourth-order valence-corrected chi connectivity index (χ4v) is 7.58. The predicted molar refractivity (Wildman–Crippen MR) is 114 cm³/mol. The maximum absolute atomic E-state index is 5.89. The zero-order chi connectivity index (χ0) is 16.0. The van der Waals surface area contributed by atoms with Crippen molar-refractivity contribution in [1.82, 2.24) is 0 Å². The minimum Gasteiger partial charge on any atom is -1.00 e. The van der Waals surface area contributed by atoms with Gasteiger partial charge in [-0.05, 0) is 49.4 Å². The van der Waals surface area contributed by atoms with E-state index in [0.29, 0.717) is 0 Å². The Morgan fingerprint density at radius 2 is 0.920 bits per heavy atom. The third-order valence-electron chi connectivity index (χ3n) is 4.29. The smallest absolute Gasteiger partial charge is 0.112 e. The van der Waals surface area contributed by atoms with E-state index in [1.165, 1.54) is 15.9 Å². The lowest BCUT2D eigenvalue weighted by molar-refractivity contribution is -0.00000468. The molecule has 3 rings (SSSR count). The molecule has 4 heteroatoms. The largest absolute Gasteiger partial charge is 1.00 e. The summed E-state index contributed by atoms with van der Waals surface area (Å²) in [6.45, 7) is 0.730. The molecule has 3 aromatic rings. The summed E-state index contributed by atoms with van der Waals surface area (Å²) in [4.78, 5) is 0. The van der Waals surface area contributed by atoms with E-state index >= 15 is 0 Å². The van der Waals surface area contributed by atoms with Crippen LogP contribution in [0.3, 0.4) is 0 Å². The van der Waals surface area contributed by atoms with E-state index < -0.39 is 7.26 Å². The van der Waals surface area contributed by atoms with E-state index in [9.17, 15) is 0 Å². The minimum absolute atomic E-state index is 0. The summed E-state index contributed by atoms with van der Waals surface area (Å²) in [5.41, 5.74) is 5.89. The molecule has 25 heavy (non-hydrogen) atoms. The molecular weight excluding hydrogens is 457 g/mol. The maximum Gasteiger partial charge on any atom is 0.112 e. The van der Waals surface area contributed by atoms with Gasteiger partial charge >= 0.3 is 0 Å². The molecule has 0 saturated carbocycles. The molecule has 0 heterocycles. The Balaban J connectivity index is 0.00000156. The number of nitrogens with two attached hydrogens (primary N) is 1. The van der Waals surface area contributed by atoms with Gasteiger partial charge in [-0.15, -0.1) is 17.0 Å². The zero-order valence-corrected chi connectivity index (χ0v) is 18.3. The highest BCUT2D eigenvalue weighted by Gasteiger charge is 2.44. The van der Waals surface area contributed by atoms with Crippen LogP contribution < -0.4 is 38.6 Å². The molecule has 0 aliphatic heterocycles. The average Bonchev–Trinajstić information content (AvgIpc) is 2.65. The summed E-state index contributed by atoms with van der Waals surface area (Å²) >= 11 is 0. The highest BCUT2D eigenvalue weighted by molar-refractivity contribution is 8.93. The molecule has 0 fully saturated rings. The van der Waals surface area contributed by atoms with Crippen molar-refractivity contribution in [3.05, 3.63) is 91.0 Å². The summed E-state index contributed by atoms with van der Waals surface area (Å²) in [6.07, 6.45) is 2.15. The Hall–Kier alpha value is -0.990. The van der Waals surface area contributed by atoms with Gasteiger partial charge in [0.05, 0.1) is 6.16 Å². The molecule has 0 spiro atoms. The van der Waals surface area contributed by atoms with Crippen LogP contribution in [0.25, 0.3) is 0 Å². The molecule has 3 aromatic carbocycles. The molecule has 1 nitrogen and oxygen atoms in total. The van der Waals surface area contributed by atoms with Gasteiger partial charge in [0, 0.05) is 0 Å². The minimum atomic E-state index is -1.65. The van der Waals surface area contributed by atoms with Crippen molar-refractivity contribution < 1.29 is 17.0 Å². The summed E-state index contributed by atoms with van der Waals surface area (Å²) in [5, 5.41) is 4.31. The first-order valence-corrected chi connectivity index (χ1v) is 10.1. The van der Waals surface area contributed by atoms with Gasteiger partial charge in [0.1, 0.15) is 23.2 Å². The van der Waals surface area contributed by atoms with Crippen LogP contribution in [0.4, 0.5) is 0 Å². The van der Waals surface area contributed by atoms with Crippen molar-refractivity contribution in [2.24, 2.45) is 5.73 Å². The van der Waals surface area contributed by atoms with Gasteiger partial charge < -0.3 is 22.7 Å². The standard InChI is InChI=1S/C21H23NP.2BrH/c22-17-10-18-23(19-11-4-1-5-12-19,20-13-6-2-7-14-20)21-15-8-3-9-16-21;;/h1-9,11-16H,10,17-18,22H2;2*1H/q+1;;/p-1. The predicted octanol–water partition coefficient (Wildman–Crippen LogP) is 0.911. The van der Waals surface area contributed by atoms with Crippen molar-refractivity contribution in [2.75, 3.05) is 12.7 Å². The molecule has 0 saturated heterocycles. The average molecular weight is 481 g/mol. The monoisotopic (exact) mass is 479 g/mol. The molecule has 0 amide bonds. The lowest BCUT2D eigenvalue weighted by Crippen LogP contribution is -3.00. The van der Waals surface area contributed by atoms with Gasteiger partial charge in [0.2, 0.25) is 0 Å². The number of halogens is 2. The van der Waals surface area contributed by atoms with Crippen LogP contribution in [0.2, 0.25) is 0 Å². The molecule has 0 bridgehead atoms. The summed E-state index contributed by atoms with van der Waals surface area (Å²) in [6, 6.07) is 32.9. The molecule has 0 atom stereocenters. The highest BCUT2D eigenvalue weighted by Crippen LogP contribution is 2.55. The van der Waals surface area contributed by atoms with Gasteiger partial charge in [-0.1, -0.05) is 54.6 Å². The third kappa shape index (κ3) is 4.80. The van der Waals surface area contributed by atoms with Crippen molar-refractivity contribution >= 4 is 40.2 Å². The van der Waals surface area contributed by atoms with Crippen molar-refractivity contribution in [3.63, 3.8) is 0 Å². The van der Waals surface area contributed by atoms with E-state index in [1.807, 2.05) is 0 Å². The molecule has 0 aliphatic carbocycles. The molecule has 2 N–H and O–H groups in total. The molecule has 0 radical (unpaired) electrons. The quantitative estimate of drug-likeness (QED) is 0.521. The first-order chi connectivity index (χ1) is 11.4. The SMILES string of the molecule is Br.NCCC[P+](c1ccccc1)(c1ccccc1)c1ccccc1.[Br-]. The summed E-state index contributed by atoms with van der Waals surface area (Å²) in [7, 11) is -1.65. The maximum atomic E-state index is 5.89. The first kappa shape index (κ1) is 22.1. The van der Waals surface area contributed by atoms with Crippen LogP contribution in [0, 0.1) is 0 Å². The van der Waals surface area contributed by atoms with Crippen LogP contribution >= 0.6 is 24.2 Å². The molecule has 0 aliphatic rings. The molecular formula is C21H24Br2NP. The number of hydrogen-bond donors (Lipinski definition) is 1. The van der Waals surface area contributed by atoms with Gasteiger partial charge in [-0.2, -0.15) is 0 Å². The summed E-state index contributed by atoms with van der Waals surface area (Å²) in [5.74, 6) is 0. The molecule has 0 unspecified atom stereocenters. The van der Waals surface area contributed by atoms with E-state index in [1.54, 1.807) is 0 Å². The van der Waals surface area contributed by atoms with Gasteiger partial charge in [0.15, 0.2) is 0 Å². The number of hydrogen-bond acceptors (Lipinski definition) is 1. The summed E-state index contributed by atoms with van der Waals surface area (Å²) < 4.78 is 0. The fourth-order valence-electron chi connectivity index (χ4n) is 3.21. The van der Waals surface area contributed by atoms with Crippen molar-refractivity contribution in [1.29, 1.82) is 0 Å². The Morgan fingerprint density at radius 3 is 1.20 bits per heavy atom. The van der Waals surface area contributed by atoms with Gasteiger partial charge in [-0.25, -0.2) is 0 Å². The zero-order valence-electron chi connectivity index (χ0n) is 14.1. The van der Waals surface area contributed by atoms with Crippen molar-refractivity contribution in [3.8, 4) is 0 Å². The Bertz CT molecular complexity index is 624. The second-order valence-corrected chi connectivity index (χ2v) is 9.30. The normalized spacial score (nSPS) is 10.4. The van der Waals surface area contributed by atoms with E-state index in [0.717, 1.165) is 19.1 Å². The van der Waals surface area contributed by atoms with E-state index in [4.69, 9.17) is 5.73 Å². The van der Waals surface area contributed by atoms with Crippen LogP contribution in [0.1, 0.15) is 6.42 Å². The van der Waals surface area contributed by atoms with E-state index in [-0.39, 0.29) is 34.0 Å². The second-order valence-electron chi connectivity index (χ2n) is 5.68. The second kappa shape index (κ2) is 10.9. The van der Waals surface area contributed by atoms with Crippen LogP contribution in [0.15, 0.2) is 91.0 Å². The highest BCUT2D eigenvalue weighted by atomic mass is 79.9.